The molecule has 2 aromatic carbocycles. The van der Waals surface area contributed by atoms with Gasteiger partial charge in [0.15, 0.2) is 6.10 Å². The molecular formula is C25H33N3O9PS+. The van der Waals surface area contributed by atoms with Crippen LogP contribution in [0.2, 0.25) is 0 Å². The second kappa shape index (κ2) is 14.5. The minimum atomic E-state index is -4.13. The number of benzene rings is 2. The molecule has 0 aromatic heterocycles. The number of carbonyl (C=O) groups excluding carboxylic acids is 1. The SMILES string of the molecule is CC(C)CN(C[C@@H](O[P+](=O)O)[C@H](Cc1ccccc1)NC(=O)O[C@H]1CCOC1)S(=O)(=O)c1ccc(N=O)cc1. The zero-order valence-electron chi connectivity index (χ0n) is 21.7. The van der Waals surface area contributed by atoms with Crippen LogP contribution in [0, 0.1) is 10.8 Å². The van der Waals surface area contributed by atoms with Gasteiger partial charge in [0.2, 0.25) is 10.0 Å². The highest BCUT2D eigenvalue weighted by Gasteiger charge is 2.38. The van der Waals surface area contributed by atoms with Crippen LogP contribution in [0.4, 0.5) is 10.5 Å². The van der Waals surface area contributed by atoms with E-state index in [1.165, 1.54) is 24.3 Å². The quantitative estimate of drug-likeness (QED) is 0.249. The summed E-state index contributed by atoms with van der Waals surface area (Å²) in [4.78, 5) is 33.2. The smallest absolute Gasteiger partial charge is 0.444 e. The first-order valence-electron chi connectivity index (χ1n) is 12.4. The zero-order chi connectivity index (χ0) is 28.4. The monoisotopic (exact) mass is 582 g/mol. The average molecular weight is 583 g/mol. The predicted molar refractivity (Wildman–Crippen MR) is 143 cm³/mol. The van der Waals surface area contributed by atoms with Crippen LogP contribution in [0.25, 0.3) is 0 Å². The molecular weight excluding hydrogens is 549 g/mol. The van der Waals surface area contributed by atoms with Crippen molar-refractivity contribution in [1.82, 2.24) is 9.62 Å². The lowest BCUT2D eigenvalue weighted by Crippen LogP contribution is -2.52. The molecule has 1 saturated heterocycles. The summed E-state index contributed by atoms with van der Waals surface area (Å²) in [6, 6.07) is 13.2. The first-order chi connectivity index (χ1) is 18.6. The van der Waals surface area contributed by atoms with Crippen molar-refractivity contribution in [1.29, 1.82) is 0 Å². The van der Waals surface area contributed by atoms with Gasteiger partial charge in [-0.15, -0.1) is 14.3 Å². The lowest BCUT2D eigenvalue weighted by Gasteiger charge is -2.30. The Morgan fingerprint density at radius 2 is 1.87 bits per heavy atom. The molecule has 2 N–H and O–H groups in total. The molecule has 0 spiro atoms. The number of hydrogen-bond acceptors (Lipinski definition) is 9. The molecule has 39 heavy (non-hydrogen) atoms. The predicted octanol–water partition coefficient (Wildman–Crippen LogP) is 3.89. The van der Waals surface area contributed by atoms with Crippen molar-refractivity contribution in [2.75, 3.05) is 26.3 Å². The van der Waals surface area contributed by atoms with Crippen molar-refractivity contribution < 1.29 is 36.7 Å². The van der Waals surface area contributed by atoms with Crippen molar-refractivity contribution in [3.63, 3.8) is 0 Å². The Balaban J connectivity index is 1.93. The van der Waals surface area contributed by atoms with Gasteiger partial charge in [0, 0.05) is 24.1 Å². The number of nitrogens with one attached hydrogen (secondary N) is 1. The van der Waals surface area contributed by atoms with Gasteiger partial charge in [-0.05, 0) is 47.3 Å². The molecule has 0 radical (unpaired) electrons. The minimum Gasteiger partial charge on any atom is -0.444 e. The maximum Gasteiger partial charge on any atom is 0.695 e. The van der Waals surface area contributed by atoms with Gasteiger partial charge in [-0.1, -0.05) is 44.2 Å². The lowest BCUT2D eigenvalue weighted by atomic mass is 10.0. The highest BCUT2D eigenvalue weighted by atomic mass is 32.2. The van der Waals surface area contributed by atoms with Gasteiger partial charge in [-0.25, -0.2) is 13.2 Å². The maximum atomic E-state index is 13.6. The van der Waals surface area contributed by atoms with Crippen molar-refractivity contribution in [2.24, 2.45) is 11.1 Å². The number of alkyl carbamates (subject to hydrolysis) is 1. The number of carbonyl (C=O) groups is 1. The van der Waals surface area contributed by atoms with E-state index in [0.29, 0.717) is 13.0 Å². The van der Waals surface area contributed by atoms with Crippen molar-refractivity contribution in [3.05, 3.63) is 65.1 Å². The topological polar surface area (TPSA) is 161 Å². The molecule has 212 valence electrons. The zero-order valence-corrected chi connectivity index (χ0v) is 23.4. The van der Waals surface area contributed by atoms with Crippen molar-refractivity contribution in [3.8, 4) is 0 Å². The van der Waals surface area contributed by atoms with Gasteiger partial charge in [0.1, 0.15) is 11.8 Å². The van der Waals surface area contributed by atoms with E-state index in [4.69, 9.17) is 14.0 Å². The van der Waals surface area contributed by atoms with Crippen LogP contribution < -0.4 is 5.32 Å². The fourth-order valence-electron chi connectivity index (χ4n) is 4.14. The van der Waals surface area contributed by atoms with Gasteiger partial charge >= 0.3 is 14.3 Å². The van der Waals surface area contributed by atoms with Crippen LogP contribution in [0.5, 0.6) is 0 Å². The number of nitrogens with zero attached hydrogens (tertiary/aromatic N) is 2. The fraction of sp³-hybridized carbons (Fsp3) is 0.480. The van der Waals surface area contributed by atoms with E-state index in [1.54, 1.807) is 12.1 Å². The van der Waals surface area contributed by atoms with Crippen LogP contribution in [-0.2, 0) is 35.0 Å². The first-order valence-corrected chi connectivity index (χ1v) is 15.0. The Morgan fingerprint density at radius 3 is 2.44 bits per heavy atom. The molecule has 2 aromatic rings. The number of ether oxygens (including phenoxy) is 2. The molecule has 1 fully saturated rings. The molecule has 4 atom stereocenters. The van der Waals surface area contributed by atoms with Gasteiger partial charge in [0.05, 0.1) is 24.2 Å². The fourth-order valence-corrected chi connectivity index (χ4v) is 6.20. The third-order valence-electron chi connectivity index (χ3n) is 5.97. The van der Waals surface area contributed by atoms with Gasteiger partial charge in [-0.3, -0.25) is 0 Å². The highest BCUT2D eigenvalue weighted by molar-refractivity contribution is 7.89. The first kappa shape index (κ1) is 30.7. The number of amides is 1. The van der Waals surface area contributed by atoms with Crippen molar-refractivity contribution >= 4 is 30.1 Å². The number of nitroso groups, excluding NO2 is 1. The minimum absolute atomic E-state index is 0.0556. The molecule has 1 heterocycles. The summed E-state index contributed by atoms with van der Waals surface area (Å²) in [5, 5.41) is 5.51. The Morgan fingerprint density at radius 1 is 1.18 bits per heavy atom. The van der Waals surface area contributed by atoms with E-state index in [1.807, 2.05) is 32.0 Å². The standard InChI is InChI=1S/C25H32N3O9PS/c1-18(2)15-28(39(33,34)22-10-8-20(27-30)9-11-22)16-24(37-38(31)32)23(14-19-6-4-3-5-7-19)26-25(29)36-21-12-13-35-17-21/h3-11,18,21,23-24H,12-17H2,1-2H3,(H-,26,29,31,32)/p+1/t21-,23-,24+/m0/s1. The van der Waals surface area contributed by atoms with Crippen LogP contribution >= 0.6 is 8.25 Å². The summed E-state index contributed by atoms with van der Waals surface area (Å²) in [6.45, 7) is 4.09. The molecule has 12 nitrogen and oxygen atoms in total. The van der Waals surface area contributed by atoms with E-state index in [-0.39, 0.29) is 42.6 Å². The van der Waals surface area contributed by atoms with E-state index in [2.05, 4.69) is 10.5 Å². The lowest BCUT2D eigenvalue weighted by molar-refractivity contribution is 0.0689. The molecule has 0 aliphatic carbocycles. The number of hydrogen-bond donors (Lipinski definition) is 2. The summed E-state index contributed by atoms with van der Waals surface area (Å²) in [5.41, 5.74) is 0.852. The summed E-state index contributed by atoms with van der Waals surface area (Å²) < 4.78 is 56.3. The van der Waals surface area contributed by atoms with Crippen molar-refractivity contribution in [2.45, 2.75) is 49.8 Å². The number of sulfonamides is 1. The van der Waals surface area contributed by atoms with Gasteiger partial charge in [0.25, 0.3) is 0 Å². The molecule has 0 saturated carbocycles. The molecule has 1 amide bonds. The second-order valence-corrected chi connectivity index (χ2v) is 12.1. The van der Waals surface area contributed by atoms with E-state index in [0.717, 1.165) is 9.87 Å². The molecule has 0 bridgehead atoms. The van der Waals surface area contributed by atoms with Crippen LogP contribution in [0.3, 0.4) is 0 Å². The van der Waals surface area contributed by atoms with Crippen LogP contribution in [-0.4, -0.2) is 68.3 Å². The molecule has 1 aliphatic rings. The Hall–Kier alpha value is -2.80. The molecule has 1 unspecified atom stereocenters. The second-order valence-electron chi connectivity index (χ2n) is 9.51. The van der Waals surface area contributed by atoms with E-state index >= 15 is 0 Å². The molecule has 3 rings (SSSR count). The Kier molecular flexibility index (Phi) is 11.5. The Labute approximate surface area is 228 Å². The van der Waals surface area contributed by atoms with Crippen LogP contribution in [0.1, 0.15) is 25.8 Å². The maximum absolute atomic E-state index is 13.6. The highest BCUT2D eigenvalue weighted by Crippen LogP contribution is 2.27. The summed E-state index contributed by atoms with van der Waals surface area (Å²) in [6.07, 6.45) is -1.73. The molecule has 14 heteroatoms. The van der Waals surface area contributed by atoms with Gasteiger partial charge < -0.3 is 14.8 Å². The van der Waals surface area contributed by atoms with Crippen LogP contribution in [0.15, 0.2) is 64.7 Å². The molecule has 1 aliphatic heterocycles. The van der Waals surface area contributed by atoms with Gasteiger partial charge in [-0.2, -0.15) is 4.31 Å². The summed E-state index contributed by atoms with van der Waals surface area (Å²) in [7, 11) is -7.30. The summed E-state index contributed by atoms with van der Waals surface area (Å²) >= 11 is 0. The number of rotatable bonds is 14. The average Bonchev–Trinajstić information content (AvgIpc) is 3.40. The third-order valence-corrected chi connectivity index (χ3v) is 8.27. The third kappa shape index (κ3) is 9.41. The normalized spacial score (nSPS) is 17.6. The Bertz CT molecular complexity index is 1210. The van der Waals surface area contributed by atoms with E-state index in [9.17, 15) is 27.6 Å². The van der Waals surface area contributed by atoms with E-state index < -0.39 is 42.6 Å². The summed E-state index contributed by atoms with van der Waals surface area (Å²) in [5.74, 6) is -0.118. The largest absolute Gasteiger partial charge is 0.695 e.